The summed E-state index contributed by atoms with van der Waals surface area (Å²) in [4.78, 5) is 4.02. The lowest BCUT2D eigenvalue weighted by atomic mass is 10.3. The number of hydrogen-bond donors (Lipinski definition) is 1. The minimum absolute atomic E-state index is 0.126. The maximum absolute atomic E-state index is 13.0. The quantitative estimate of drug-likeness (QED) is 0.732. The molecule has 0 saturated heterocycles. The second-order valence-corrected chi connectivity index (χ2v) is 3.44. The second kappa shape index (κ2) is 2.80. The predicted molar refractivity (Wildman–Crippen MR) is 45.5 cm³/mol. The Kier molecular flexibility index (Phi) is 1.78. The largest absolute Gasteiger partial charge is 0.389 e. The van der Waals surface area contributed by atoms with Crippen molar-refractivity contribution in [1.82, 2.24) is 4.98 Å². The summed E-state index contributed by atoms with van der Waals surface area (Å²) < 4.78 is 13.5. The van der Waals surface area contributed by atoms with Crippen LogP contribution in [0.15, 0.2) is 18.2 Å². The van der Waals surface area contributed by atoms with Crippen LogP contribution in [0.5, 0.6) is 0 Å². The topological polar surface area (TPSA) is 33.1 Å². The number of rotatable bonds is 1. The third-order valence-corrected chi connectivity index (χ3v) is 2.61. The molecule has 1 aromatic carbocycles. The average molecular weight is 183 g/mol. The number of thiazole rings is 1. The molecule has 0 unspecified atom stereocenters. The minimum Gasteiger partial charge on any atom is -0.389 e. The van der Waals surface area contributed by atoms with E-state index in [9.17, 15) is 4.39 Å². The van der Waals surface area contributed by atoms with Crippen molar-refractivity contribution in [2.45, 2.75) is 6.61 Å². The van der Waals surface area contributed by atoms with Crippen LogP contribution in [0.2, 0.25) is 0 Å². The highest BCUT2D eigenvalue weighted by Crippen LogP contribution is 2.24. The van der Waals surface area contributed by atoms with E-state index in [0.717, 1.165) is 0 Å². The molecule has 1 N–H and O–H groups in total. The molecular formula is C8H6FNOS. The maximum atomic E-state index is 13.0. The Bertz CT molecular complexity index is 412. The normalized spacial score (nSPS) is 10.8. The van der Waals surface area contributed by atoms with E-state index in [4.69, 9.17) is 5.11 Å². The number of aliphatic hydroxyl groups excluding tert-OH is 1. The molecule has 0 atom stereocenters. The molecule has 0 spiro atoms. The molecule has 0 amide bonds. The first kappa shape index (κ1) is 7.64. The van der Waals surface area contributed by atoms with Gasteiger partial charge in [-0.1, -0.05) is 6.07 Å². The summed E-state index contributed by atoms with van der Waals surface area (Å²) in [5.41, 5.74) is 0.615. The Balaban J connectivity index is 2.74. The molecule has 1 heterocycles. The third kappa shape index (κ3) is 1.09. The zero-order chi connectivity index (χ0) is 8.55. The predicted octanol–water partition coefficient (Wildman–Crippen LogP) is 1.93. The van der Waals surface area contributed by atoms with Gasteiger partial charge in [-0.05, 0) is 12.1 Å². The molecule has 0 aliphatic rings. The van der Waals surface area contributed by atoms with Crippen LogP contribution in [0, 0.1) is 5.82 Å². The highest BCUT2D eigenvalue weighted by molar-refractivity contribution is 7.18. The molecule has 0 aliphatic heterocycles. The standard InChI is InChI=1S/C8H6FNOS/c9-5-2-1-3-6-8(5)12-7(4-11)10-6/h1-3,11H,4H2. The van der Waals surface area contributed by atoms with Crippen molar-refractivity contribution in [2.24, 2.45) is 0 Å². The van der Waals surface area contributed by atoms with Crippen molar-refractivity contribution in [3.05, 3.63) is 29.0 Å². The van der Waals surface area contributed by atoms with Crippen LogP contribution in [-0.4, -0.2) is 10.1 Å². The van der Waals surface area contributed by atoms with Gasteiger partial charge in [0.15, 0.2) is 0 Å². The lowest BCUT2D eigenvalue weighted by Gasteiger charge is -1.86. The van der Waals surface area contributed by atoms with Crippen LogP contribution in [-0.2, 0) is 6.61 Å². The van der Waals surface area contributed by atoms with Gasteiger partial charge in [0.2, 0.25) is 0 Å². The molecule has 2 aromatic rings. The fraction of sp³-hybridized carbons (Fsp3) is 0.125. The molecule has 0 saturated carbocycles. The summed E-state index contributed by atoms with van der Waals surface area (Å²) in [5, 5.41) is 9.31. The lowest BCUT2D eigenvalue weighted by Crippen LogP contribution is -1.77. The molecule has 0 fully saturated rings. The van der Waals surface area contributed by atoms with E-state index in [1.165, 1.54) is 17.4 Å². The van der Waals surface area contributed by atoms with E-state index in [-0.39, 0.29) is 12.4 Å². The number of benzene rings is 1. The number of hydrogen-bond acceptors (Lipinski definition) is 3. The van der Waals surface area contributed by atoms with Crippen LogP contribution >= 0.6 is 11.3 Å². The molecule has 62 valence electrons. The Morgan fingerprint density at radius 1 is 1.50 bits per heavy atom. The van der Waals surface area contributed by atoms with E-state index in [2.05, 4.69) is 4.98 Å². The van der Waals surface area contributed by atoms with Gasteiger partial charge in [-0.3, -0.25) is 0 Å². The molecule has 0 radical (unpaired) electrons. The first-order chi connectivity index (χ1) is 5.81. The van der Waals surface area contributed by atoms with Gasteiger partial charge < -0.3 is 5.11 Å². The minimum atomic E-state index is -0.273. The summed E-state index contributed by atoms with van der Waals surface area (Å²) in [6.45, 7) is -0.126. The highest BCUT2D eigenvalue weighted by Gasteiger charge is 2.05. The van der Waals surface area contributed by atoms with Crippen molar-refractivity contribution in [1.29, 1.82) is 0 Å². The van der Waals surface area contributed by atoms with E-state index in [0.29, 0.717) is 15.2 Å². The van der Waals surface area contributed by atoms with Gasteiger partial charge in [-0.15, -0.1) is 11.3 Å². The zero-order valence-corrected chi connectivity index (χ0v) is 6.94. The van der Waals surface area contributed by atoms with Crippen LogP contribution in [0.4, 0.5) is 4.39 Å². The monoisotopic (exact) mass is 183 g/mol. The summed E-state index contributed by atoms with van der Waals surface area (Å²) in [7, 11) is 0. The molecule has 1 aromatic heterocycles. The lowest BCUT2D eigenvalue weighted by molar-refractivity contribution is 0.281. The van der Waals surface area contributed by atoms with Gasteiger partial charge in [0.25, 0.3) is 0 Å². The summed E-state index contributed by atoms with van der Waals surface area (Å²) in [6.07, 6.45) is 0. The third-order valence-electron chi connectivity index (χ3n) is 1.55. The first-order valence-corrected chi connectivity index (χ1v) is 4.27. The van der Waals surface area contributed by atoms with Crippen molar-refractivity contribution in [3.63, 3.8) is 0 Å². The van der Waals surface area contributed by atoms with Crippen molar-refractivity contribution < 1.29 is 9.50 Å². The van der Waals surface area contributed by atoms with Crippen LogP contribution < -0.4 is 0 Å². The van der Waals surface area contributed by atoms with Gasteiger partial charge in [-0.2, -0.15) is 0 Å². The Morgan fingerprint density at radius 3 is 3.00 bits per heavy atom. The highest BCUT2D eigenvalue weighted by atomic mass is 32.1. The Morgan fingerprint density at radius 2 is 2.33 bits per heavy atom. The van der Waals surface area contributed by atoms with Crippen molar-refractivity contribution in [2.75, 3.05) is 0 Å². The molecule has 2 rings (SSSR count). The molecule has 0 aliphatic carbocycles. The van der Waals surface area contributed by atoms with Crippen LogP contribution in [0.3, 0.4) is 0 Å². The summed E-state index contributed by atoms with van der Waals surface area (Å²) >= 11 is 1.19. The Labute approximate surface area is 72.3 Å². The van der Waals surface area contributed by atoms with Crippen molar-refractivity contribution >= 4 is 21.6 Å². The fourth-order valence-electron chi connectivity index (χ4n) is 1.03. The van der Waals surface area contributed by atoms with E-state index in [1.807, 2.05) is 0 Å². The van der Waals surface area contributed by atoms with Gasteiger partial charge in [-0.25, -0.2) is 9.37 Å². The number of halogens is 1. The molecule has 0 bridgehead atoms. The average Bonchev–Trinajstić information content (AvgIpc) is 2.49. The smallest absolute Gasteiger partial charge is 0.142 e. The number of aliphatic hydroxyl groups is 1. The van der Waals surface area contributed by atoms with Gasteiger partial charge >= 0.3 is 0 Å². The zero-order valence-electron chi connectivity index (χ0n) is 6.12. The van der Waals surface area contributed by atoms with Crippen LogP contribution in [0.1, 0.15) is 5.01 Å². The fourth-order valence-corrected chi connectivity index (χ4v) is 1.86. The maximum Gasteiger partial charge on any atom is 0.142 e. The molecular weight excluding hydrogens is 177 g/mol. The number of aromatic nitrogens is 1. The van der Waals surface area contributed by atoms with Gasteiger partial charge in [0, 0.05) is 0 Å². The number of fused-ring (bicyclic) bond motifs is 1. The first-order valence-electron chi connectivity index (χ1n) is 3.46. The summed E-state index contributed by atoms with van der Waals surface area (Å²) in [6, 6.07) is 4.73. The number of nitrogens with zero attached hydrogens (tertiary/aromatic N) is 1. The van der Waals surface area contributed by atoms with Gasteiger partial charge in [0.05, 0.1) is 16.8 Å². The van der Waals surface area contributed by atoms with Crippen LogP contribution in [0.25, 0.3) is 10.2 Å². The summed E-state index contributed by atoms with van der Waals surface area (Å²) in [5.74, 6) is -0.273. The Hall–Kier alpha value is -1.00. The van der Waals surface area contributed by atoms with Gasteiger partial charge in [0.1, 0.15) is 10.8 Å². The van der Waals surface area contributed by atoms with E-state index in [1.54, 1.807) is 12.1 Å². The SMILES string of the molecule is OCc1nc2cccc(F)c2s1. The van der Waals surface area contributed by atoms with Crippen molar-refractivity contribution in [3.8, 4) is 0 Å². The van der Waals surface area contributed by atoms with E-state index >= 15 is 0 Å². The molecule has 2 nitrogen and oxygen atoms in total. The van der Waals surface area contributed by atoms with E-state index < -0.39 is 0 Å². The molecule has 4 heteroatoms. The molecule has 12 heavy (non-hydrogen) atoms. The second-order valence-electron chi connectivity index (χ2n) is 2.35.